The number of nitrogens with zero attached hydrogens (tertiary/aromatic N) is 1. The second kappa shape index (κ2) is 6.65. The van der Waals surface area contributed by atoms with Crippen molar-refractivity contribution in [3.8, 4) is 0 Å². The fourth-order valence-electron chi connectivity index (χ4n) is 3.06. The summed E-state index contributed by atoms with van der Waals surface area (Å²) in [4.78, 5) is 0. The van der Waals surface area contributed by atoms with Crippen LogP contribution in [-0.2, 0) is 10.0 Å². The molecule has 2 atom stereocenters. The quantitative estimate of drug-likeness (QED) is 0.923. The molecule has 1 aromatic carbocycles. The maximum absolute atomic E-state index is 11.7. The molecule has 1 fully saturated rings. The van der Waals surface area contributed by atoms with E-state index in [1.54, 1.807) is 4.31 Å². The number of aryl methyl sites for hydroxylation is 1. The summed E-state index contributed by atoms with van der Waals surface area (Å²) in [6.45, 7) is 3.22. The molecule has 0 amide bonds. The van der Waals surface area contributed by atoms with Crippen molar-refractivity contribution in [3.05, 3.63) is 34.3 Å². The van der Waals surface area contributed by atoms with Gasteiger partial charge in [0.25, 0.3) is 0 Å². The van der Waals surface area contributed by atoms with Crippen molar-refractivity contribution in [2.45, 2.75) is 32.2 Å². The first-order valence-corrected chi connectivity index (χ1v) is 9.46. The van der Waals surface area contributed by atoms with Crippen molar-refractivity contribution >= 4 is 21.6 Å². The van der Waals surface area contributed by atoms with Crippen LogP contribution in [0.25, 0.3) is 0 Å². The Morgan fingerprint density at radius 2 is 2.19 bits per heavy atom. The lowest BCUT2D eigenvalue weighted by Gasteiger charge is -2.32. The maximum Gasteiger partial charge on any atom is 0.211 e. The third-order valence-corrected chi connectivity index (χ3v) is 5.67. The van der Waals surface area contributed by atoms with E-state index in [0.717, 1.165) is 30.4 Å². The maximum atomic E-state index is 11.7. The molecule has 6 heteroatoms. The number of hydrogen-bond donors (Lipinski definition) is 1. The molecule has 1 aromatic rings. The number of benzene rings is 1. The highest BCUT2D eigenvalue weighted by Gasteiger charge is 2.27. The minimum atomic E-state index is -3.10. The van der Waals surface area contributed by atoms with Gasteiger partial charge in [-0.05, 0) is 55.4 Å². The lowest BCUT2D eigenvalue weighted by atomic mass is 9.88. The fourth-order valence-corrected chi connectivity index (χ4v) is 4.23. The summed E-state index contributed by atoms with van der Waals surface area (Å²) in [6.07, 6.45) is 4.02. The van der Waals surface area contributed by atoms with E-state index >= 15 is 0 Å². The third-order valence-electron chi connectivity index (χ3n) is 4.17. The average molecular weight is 331 g/mol. The Labute approximate surface area is 132 Å². The van der Waals surface area contributed by atoms with Gasteiger partial charge in [0.1, 0.15) is 0 Å². The molecule has 1 saturated heterocycles. The van der Waals surface area contributed by atoms with E-state index in [9.17, 15) is 8.42 Å². The second-order valence-electron chi connectivity index (χ2n) is 5.97. The predicted octanol–water partition coefficient (Wildman–Crippen LogP) is 2.71. The molecule has 0 bridgehead atoms. The molecule has 118 valence electrons. The molecule has 21 heavy (non-hydrogen) atoms. The van der Waals surface area contributed by atoms with Crippen molar-refractivity contribution in [3.63, 3.8) is 0 Å². The SMILES string of the molecule is Cc1cc(Cl)ccc1C(N)CC1CCCN(S(C)(=O)=O)C1. The van der Waals surface area contributed by atoms with Crippen molar-refractivity contribution in [2.75, 3.05) is 19.3 Å². The highest BCUT2D eigenvalue weighted by molar-refractivity contribution is 7.88. The summed E-state index contributed by atoms with van der Waals surface area (Å²) in [5.41, 5.74) is 8.50. The fraction of sp³-hybridized carbons (Fsp3) is 0.600. The van der Waals surface area contributed by atoms with Crippen LogP contribution in [0.5, 0.6) is 0 Å². The van der Waals surface area contributed by atoms with E-state index in [2.05, 4.69) is 0 Å². The van der Waals surface area contributed by atoms with Gasteiger partial charge in [0.2, 0.25) is 10.0 Å². The Hall–Kier alpha value is -0.620. The zero-order valence-electron chi connectivity index (χ0n) is 12.5. The molecular formula is C15H23ClN2O2S. The topological polar surface area (TPSA) is 63.4 Å². The number of halogens is 1. The van der Waals surface area contributed by atoms with Crippen LogP contribution < -0.4 is 5.73 Å². The number of piperidine rings is 1. The standard InChI is InChI=1S/C15H23ClN2O2S/c1-11-8-13(16)5-6-14(11)15(17)9-12-4-3-7-18(10-12)21(2,19)20/h5-6,8,12,15H,3-4,7,9-10,17H2,1-2H3. The van der Waals surface area contributed by atoms with Crippen LogP contribution in [0.3, 0.4) is 0 Å². The van der Waals surface area contributed by atoms with Gasteiger partial charge in [-0.25, -0.2) is 12.7 Å². The largest absolute Gasteiger partial charge is 0.324 e. The average Bonchev–Trinajstić information content (AvgIpc) is 2.37. The van der Waals surface area contributed by atoms with Crippen LogP contribution >= 0.6 is 11.6 Å². The second-order valence-corrected chi connectivity index (χ2v) is 8.39. The summed E-state index contributed by atoms with van der Waals surface area (Å²) >= 11 is 5.97. The van der Waals surface area contributed by atoms with Gasteiger partial charge < -0.3 is 5.73 Å². The molecule has 0 aromatic heterocycles. The summed E-state index contributed by atoms with van der Waals surface area (Å²) in [5.74, 6) is 0.318. The Morgan fingerprint density at radius 1 is 1.48 bits per heavy atom. The zero-order valence-corrected chi connectivity index (χ0v) is 14.1. The van der Waals surface area contributed by atoms with Crippen LogP contribution in [0, 0.1) is 12.8 Å². The first-order valence-electron chi connectivity index (χ1n) is 7.24. The normalized spacial score (nSPS) is 22.2. The summed E-state index contributed by atoms with van der Waals surface area (Å²) in [7, 11) is -3.10. The lowest BCUT2D eigenvalue weighted by molar-refractivity contribution is 0.247. The molecule has 0 aliphatic carbocycles. The van der Waals surface area contributed by atoms with Gasteiger partial charge in [-0.1, -0.05) is 17.7 Å². The van der Waals surface area contributed by atoms with Crippen LogP contribution in [0.2, 0.25) is 5.02 Å². The minimum absolute atomic E-state index is 0.0771. The summed E-state index contributed by atoms with van der Waals surface area (Å²) < 4.78 is 24.9. The van der Waals surface area contributed by atoms with E-state index in [1.807, 2.05) is 25.1 Å². The summed E-state index contributed by atoms with van der Waals surface area (Å²) in [6, 6.07) is 5.67. The molecule has 0 radical (unpaired) electrons. The monoisotopic (exact) mass is 330 g/mol. The van der Waals surface area contributed by atoms with Crippen LogP contribution in [0.4, 0.5) is 0 Å². The van der Waals surface area contributed by atoms with Crippen LogP contribution in [0.1, 0.15) is 36.4 Å². The van der Waals surface area contributed by atoms with E-state index < -0.39 is 10.0 Å². The molecule has 4 nitrogen and oxygen atoms in total. The van der Waals surface area contributed by atoms with Gasteiger partial charge in [-0.15, -0.1) is 0 Å². The van der Waals surface area contributed by atoms with Crippen LogP contribution in [0.15, 0.2) is 18.2 Å². The number of rotatable bonds is 4. The van der Waals surface area contributed by atoms with Crippen molar-refractivity contribution in [1.29, 1.82) is 0 Å². The predicted molar refractivity (Wildman–Crippen MR) is 86.9 cm³/mol. The van der Waals surface area contributed by atoms with E-state index in [0.29, 0.717) is 24.0 Å². The third kappa shape index (κ3) is 4.42. The molecule has 1 heterocycles. The molecule has 1 aliphatic heterocycles. The smallest absolute Gasteiger partial charge is 0.211 e. The van der Waals surface area contributed by atoms with Crippen molar-refractivity contribution < 1.29 is 8.42 Å². The molecule has 0 spiro atoms. The number of sulfonamides is 1. The molecular weight excluding hydrogens is 308 g/mol. The highest BCUT2D eigenvalue weighted by atomic mass is 35.5. The molecule has 0 saturated carbocycles. The first-order chi connectivity index (χ1) is 9.77. The van der Waals surface area contributed by atoms with Gasteiger partial charge in [0.15, 0.2) is 0 Å². The lowest BCUT2D eigenvalue weighted by Crippen LogP contribution is -2.40. The molecule has 2 unspecified atom stereocenters. The molecule has 1 aliphatic rings. The Balaban J connectivity index is 2.03. The highest BCUT2D eigenvalue weighted by Crippen LogP contribution is 2.29. The van der Waals surface area contributed by atoms with Gasteiger partial charge in [-0.2, -0.15) is 0 Å². The minimum Gasteiger partial charge on any atom is -0.324 e. The Kier molecular flexibility index (Phi) is 5.30. The van der Waals surface area contributed by atoms with Crippen molar-refractivity contribution in [1.82, 2.24) is 4.31 Å². The molecule has 2 N–H and O–H groups in total. The summed E-state index contributed by atoms with van der Waals surface area (Å²) in [5, 5.41) is 0.712. The van der Waals surface area contributed by atoms with Gasteiger partial charge in [-0.3, -0.25) is 0 Å². The van der Waals surface area contributed by atoms with Crippen LogP contribution in [-0.4, -0.2) is 32.1 Å². The van der Waals surface area contributed by atoms with Gasteiger partial charge in [0.05, 0.1) is 6.26 Å². The number of hydrogen-bond acceptors (Lipinski definition) is 3. The van der Waals surface area contributed by atoms with Crippen molar-refractivity contribution in [2.24, 2.45) is 11.7 Å². The first kappa shape index (κ1) is 16.7. The molecule has 2 rings (SSSR count). The van der Waals surface area contributed by atoms with Gasteiger partial charge in [0, 0.05) is 24.2 Å². The van der Waals surface area contributed by atoms with E-state index in [4.69, 9.17) is 17.3 Å². The zero-order chi connectivity index (χ0) is 15.6. The van der Waals surface area contributed by atoms with E-state index in [1.165, 1.54) is 6.26 Å². The van der Waals surface area contributed by atoms with E-state index in [-0.39, 0.29) is 6.04 Å². The Morgan fingerprint density at radius 3 is 2.81 bits per heavy atom. The number of nitrogens with two attached hydrogens (primary N) is 1. The van der Waals surface area contributed by atoms with Gasteiger partial charge >= 0.3 is 0 Å². The Bertz CT molecular complexity index is 604.